The van der Waals surface area contributed by atoms with Gasteiger partial charge in [0.15, 0.2) is 0 Å². The Kier molecular flexibility index (Phi) is 5.56. The first-order valence-corrected chi connectivity index (χ1v) is 10.9. The zero-order valence-electron chi connectivity index (χ0n) is 17.5. The lowest BCUT2D eigenvalue weighted by molar-refractivity contribution is -0.125. The SMILES string of the molecule is CCn1nc(C)c(CNC(=O)[C@H]2CCn3c(cnc3C3CCCCC3)C2)c1C. The van der Waals surface area contributed by atoms with E-state index in [2.05, 4.69) is 28.8 Å². The molecule has 1 fully saturated rings. The molecule has 152 valence electrons. The number of rotatable bonds is 5. The predicted molar refractivity (Wildman–Crippen MR) is 109 cm³/mol. The van der Waals surface area contributed by atoms with Crippen LogP contribution in [0.4, 0.5) is 0 Å². The van der Waals surface area contributed by atoms with Crippen molar-refractivity contribution in [2.24, 2.45) is 5.92 Å². The van der Waals surface area contributed by atoms with Gasteiger partial charge in [-0.15, -0.1) is 0 Å². The van der Waals surface area contributed by atoms with Crippen LogP contribution < -0.4 is 5.32 Å². The summed E-state index contributed by atoms with van der Waals surface area (Å²) in [5.41, 5.74) is 4.55. The van der Waals surface area contributed by atoms with Crippen molar-refractivity contribution < 1.29 is 4.79 Å². The summed E-state index contributed by atoms with van der Waals surface area (Å²) in [6, 6.07) is 0. The molecular weight excluding hydrogens is 350 g/mol. The van der Waals surface area contributed by atoms with Gasteiger partial charge in [-0.05, 0) is 40.0 Å². The van der Waals surface area contributed by atoms with Gasteiger partial charge in [0.2, 0.25) is 5.91 Å². The van der Waals surface area contributed by atoms with Crippen molar-refractivity contribution in [3.05, 3.63) is 34.7 Å². The van der Waals surface area contributed by atoms with E-state index >= 15 is 0 Å². The lowest BCUT2D eigenvalue weighted by atomic mass is 9.88. The van der Waals surface area contributed by atoms with Crippen LogP contribution in [0.5, 0.6) is 0 Å². The van der Waals surface area contributed by atoms with Crippen LogP contribution in [0.1, 0.15) is 79.8 Å². The molecule has 1 aliphatic carbocycles. The molecule has 4 rings (SSSR count). The molecule has 2 aliphatic rings. The Balaban J connectivity index is 1.38. The summed E-state index contributed by atoms with van der Waals surface area (Å²) in [5, 5.41) is 7.72. The molecule has 6 heteroatoms. The van der Waals surface area contributed by atoms with E-state index in [1.165, 1.54) is 43.6 Å². The number of amides is 1. The summed E-state index contributed by atoms with van der Waals surface area (Å²) in [6.45, 7) is 8.54. The third-order valence-corrected chi connectivity index (χ3v) is 6.74. The fourth-order valence-electron chi connectivity index (χ4n) is 5.02. The summed E-state index contributed by atoms with van der Waals surface area (Å²) in [5.74, 6) is 2.10. The highest BCUT2D eigenvalue weighted by molar-refractivity contribution is 5.79. The molecule has 0 aromatic carbocycles. The number of carbonyl (C=O) groups is 1. The quantitative estimate of drug-likeness (QED) is 0.857. The van der Waals surface area contributed by atoms with Gasteiger partial charge < -0.3 is 9.88 Å². The Morgan fingerprint density at radius 1 is 1.21 bits per heavy atom. The molecule has 1 saturated carbocycles. The molecule has 28 heavy (non-hydrogen) atoms. The number of hydrogen-bond acceptors (Lipinski definition) is 3. The van der Waals surface area contributed by atoms with E-state index in [9.17, 15) is 4.79 Å². The first-order chi connectivity index (χ1) is 13.6. The Morgan fingerprint density at radius 2 is 2.00 bits per heavy atom. The summed E-state index contributed by atoms with van der Waals surface area (Å²) in [4.78, 5) is 17.6. The molecule has 0 radical (unpaired) electrons. The minimum absolute atomic E-state index is 0.0465. The highest BCUT2D eigenvalue weighted by Crippen LogP contribution is 2.34. The first kappa shape index (κ1) is 19.2. The van der Waals surface area contributed by atoms with E-state index in [0.717, 1.165) is 42.9 Å². The van der Waals surface area contributed by atoms with E-state index in [4.69, 9.17) is 4.98 Å². The number of imidazole rings is 1. The molecule has 1 atom stereocenters. The van der Waals surface area contributed by atoms with Crippen LogP contribution in [-0.4, -0.2) is 25.2 Å². The van der Waals surface area contributed by atoms with E-state index in [0.29, 0.717) is 12.5 Å². The van der Waals surface area contributed by atoms with E-state index in [1.54, 1.807) is 0 Å². The highest BCUT2D eigenvalue weighted by Gasteiger charge is 2.29. The molecule has 0 spiro atoms. The fourth-order valence-corrected chi connectivity index (χ4v) is 5.02. The van der Waals surface area contributed by atoms with Crippen LogP contribution in [0.15, 0.2) is 6.20 Å². The summed E-state index contributed by atoms with van der Waals surface area (Å²) in [6.07, 6.45) is 10.3. The van der Waals surface area contributed by atoms with Crippen LogP contribution in [-0.2, 0) is 30.8 Å². The summed E-state index contributed by atoms with van der Waals surface area (Å²) >= 11 is 0. The number of hydrogen-bond donors (Lipinski definition) is 1. The van der Waals surface area contributed by atoms with Crippen LogP contribution >= 0.6 is 0 Å². The van der Waals surface area contributed by atoms with E-state index in [1.807, 2.05) is 17.8 Å². The highest BCUT2D eigenvalue weighted by atomic mass is 16.1. The van der Waals surface area contributed by atoms with Gasteiger partial charge in [-0.3, -0.25) is 9.48 Å². The van der Waals surface area contributed by atoms with Crippen molar-refractivity contribution in [3.63, 3.8) is 0 Å². The van der Waals surface area contributed by atoms with Crippen LogP contribution in [0.3, 0.4) is 0 Å². The van der Waals surface area contributed by atoms with Crippen molar-refractivity contribution in [2.75, 3.05) is 0 Å². The Hall–Kier alpha value is -2.11. The molecule has 3 heterocycles. The van der Waals surface area contributed by atoms with Gasteiger partial charge in [-0.1, -0.05) is 19.3 Å². The molecule has 0 saturated heterocycles. The minimum atomic E-state index is 0.0465. The lowest BCUT2D eigenvalue weighted by Gasteiger charge is -2.27. The maximum Gasteiger partial charge on any atom is 0.223 e. The Morgan fingerprint density at radius 3 is 2.71 bits per heavy atom. The topological polar surface area (TPSA) is 64.7 Å². The number of carbonyl (C=O) groups excluding carboxylic acids is 1. The second-order valence-corrected chi connectivity index (χ2v) is 8.47. The molecular formula is C22H33N5O. The molecule has 0 bridgehead atoms. The molecule has 1 aliphatic heterocycles. The van der Waals surface area contributed by atoms with Crippen molar-refractivity contribution in [1.82, 2.24) is 24.6 Å². The Bertz CT molecular complexity index is 843. The van der Waals surface area contributed by atoms with Gasteiger partial charge in [-0.2, -0.15) is 5.10 Å². The second-order valence-electron chi connectivity index (χ2n) is 8.47. The average Bonchev–Trinajstić information content (AvgIpc) is 3.27. The normalized spacial score (nSPS) is 20.2. The number of aryl methyl sites for hydroxylation is 2. The molecule has 2 aromatic rings. The van der Waals surface area contributed by atoms with Crippen molar-refractivity contribution in [3.8, 4) is 0 Å². The summed E-state index contributed by atoms with van der Waals surface area (Å²) in [7, 11) is 0. The monoisotopic (exact) mass is 383 g/mol. The second kappa shape index (κ2) is 8.10. The van der Waals surface area contributed by atoms with Gasteiger partial charge in [-0.25, -0.2) is 4.98 Å². The van der Waals surface area contributed by atoms with Crippen LogP contribution in [0.2, 0.25) is 0 Å². The van der Waals surface area contributed by atoms with Crippen molar-refractivity contribution >= 4 is 5.91 Å². The van der Waals surface area contributed by atoms with Crippen LogP contribution in [0.25, 0.3) is 0 Å². The van der Waals surface area contributed by atoms with Gasteiger partial charge >= 0.3 is 0 Å². The van der Waals surface area contributed by atoms with Crippen molar-refractivity contribution in [2.45, 2.75) is 91.3 Å². The largest absolute Gasteiger partial charge is 0.352 e. The van der Waals surface area contributed by atoms with Gasteiger partial charge in [0, 0.05) is 61.0 Å². The zero-order chi connectivity index (χ0) is 19.7. The first-order valence-electron chi connectivity index (χ1n) is 10.9. The number of nitrogens with one attached hydrogen (secondary N) is 1. The smallest absolute Gasteiger partial charge is 0.223 e. The molecule has 2 aromatic heterocycles. The van der Waals surface area contributed by atoms with Gasteiger partial charge in [0.05, 0.1) is 5.69 Å². The maximum atomic E-state index is 12.8. The molecule has 0 unspecified atom stereocenters. The van der Waals surface area contributed by atoms with Gasteiger partial charge in [0.25, 0.3) is 0 Å². The van der Waals surface area contributed by atoms with E-state index in [-0.39, 0.29) is 11.8 Å². The third kappa shape index (κ3) is 3.61. The number of nitrogens with zero attached hydrogens (tertiary/aromatic N) is 4. The average molecular weight is 384 g/mol. The van der Waals surface area contributed by atoms with E-state index < -0.39 is 0 Å². The number of fused-ring (bicyclic) bond motifs is 1. The predicted octanol–water partition coefficient (Wildman–Crippen LogP) is 3.64. The fraction of sp³-hybridized carbons (Fsp3) is 0.682. The molecule has 1 N–H and O–H groups in total. The van der Waals surface area contributed by atoms with Gasteiger partial charge in [0.1, 0.15) is 5.82 Å². The molecule has 6 nitrogen and oxygen atoms in total. The zero-order valence-corrected chi connectivity index (χ0v) is 17.5. The minimum Gasteiger partial charge on any atom is -0.352 e. The summed E-state index contributed by atoms with van der Waals surface area (Å²) < 4.78 is 4.40. The standard InChI is InChI=1S/C22H33N5O/c1-4-27-16(3)20(15(2)25-27)14-24-22(28)18-10-11-26-19(12-18)13-23-21(26)17-8-6-5-7-9-17/h13,17-18H,4-12,14H2,1-3H3,(H,24,28)/t18-/m0/s1. The molecule has 1 amide bonds. The third-order valence-electron chi connectivity index (χ3n) is 6.74. The lowest BCUT2D eigenvalue weighted by Crippen LogP contribution is -2.35. The Labute approximate surface area is 167 Å². The number of aromatic nitrogens is 4. The maximum absolute atomic E-state index is 12.8. The van der Waals surface area contributed by atoms with Crippen LogP contribution in [0, 0.1) is 19.8 Å². The van der Waals surface area contributed by atoms with Crippen molar-refractivity contribution in [1.29, 1.82) is 0 Å².